The maximum atomic E-state index is 13.1. The molecule has 0 bridgehead atoms. The lowest BCUT2D eigenvalue weighted by atomic mass is 9.82. The molecule has 0 spiro atoms. The molecule has 0 saturated heterocycles. The maximum absolute atomic E-state index is 13.1. The molecule has 158 valence electrons. The van der Waals surface area contributed by atoms with E-state index in [1.165, 1.54) is 29.4 Å². The number of hydrogen-bond acceptors (Lipinski definition) is 4. The molecule has 8 heteroatoms. The SMILES string of the molecule is CC(C)(C)C(=O)C1=C(O)C(=O)N(Cc2cccc(C(F)(F)F)c2)C1c1cccnc1. The molecule has 1 atom stereocenters. The zero-order chi connectivity index (χ0) is 22.3. The van der Waals surface area contributed by atoms with Crippen LogP contribution >= 0.6 is 0 Å². The molecule has 3 rings (SSSR count). The number of halogens is 3. The first-order chi connectivity index (χ1) is 13.9. The number of aromatic nitrogens is 1. The van der Waals surface area contributed by atoms with E-state index in [0.717, 1.165) is 12.1 Å². The summed E-state index contributed by atoms with van der Waals surface area (Å²) in [7, 11) is 0. The Hall–Kier alpha value is -3.16. The predicted molar refractivity (Wildman–Crippen MR) is 103 cm³/mol. The Balaban J connectivity index is 2.06. The lowest BCUT2D eigenvalue weighted by Gasteiger charge is -2.28. The van der Waals surface area contributed by atoms with Crippen LogP contribution in [0.1, 0.15) is 43.5 Å². The molecule has 1 N–H and O–H groups in total. The van der Waals surface area contributed by atoms with Crippen molar-refractivity contribution in [2.75, 3.05) is 0 Å². The van der Waals surface area contributed by atoms with E-state index >= 15 is 0 Å². The number of Topliss-reactive ketones (excluding diaryl/α,β-unsaturated/α-hetero) is 1. The molecular formula is C22H21F3N2O3. The highest BCUT2D eigenvalue weighted by Crippen LogP contribution is 2.41. The van der Waals surface area contributed by atoms with E-state index in [4.69, 9.17) is 0 Å². The Morgan fingerprint density at radius 2 is 1.87 bits per heavy atom. The Labute approximate surface area is 171 Å². The van der Waals surface area contributed by atoms with Crippen molar-refractivity contribution in [2.45, 2.75) is 39.5 Å². The zero-order valence-electron chi connectivity index (χ0n) is 16.7. The van der Waals surface area contributed by atoms with Gasteiger partial charge in [0.25, 0.3) is 5.91 Å². The van der Waals surface area contributed by atoms with Crippen molar-refractivity contribution in [2.24, 2.45) is 5.41 Å². The van der Waals surface area contributed by atoms with Crippen LogP contribution in [-0.2, 0) is 22.3 Å². The van der Waals surface area contributed by atoms with Crippen LogP contribution < -0.4 is 0 Å². The van der Waals surface area contributed by atoms with Gasteiger partial charge in [0.1, 0.15) is 0 Å². The molecule has 30 heavy (non-hydrogen) atoms. The van der Waals surface area contributed by atoms with Gasteiger partial charge in [-0.25, -0.2) is 0 Å². The third-order valence-corrected chi connectivity index (χ3v) is 4.84. The van der Waals surface area contributed by atoms with Gasteiger partial charge < -0.3 is 10.0 Å². The van der Waals surface area contributed by atoms with Gasteiger partial charge in [-0.05, 0) is 29.3 Å². The average molecular weight is 418 g/mol. The molecule has 0 aliphatic carbocycles. The van der Waals surface area contributed by atoms with Crippen LogP contribution in [0.25, 0.3) is 0 Å². The fourth-order valence-corrected chi connectivity index (χ4v) is 3.38. The highest BCUT2D eigenvalue weighted by Gasteiger charge is 2.46. The van der Waals surface area contributed by atoms with E-state index in [0.29, 0.717) is 5.56 Å². The number of amides is 1. The van der Waals surface area contributed by atoms with Crippen LogP contribution in [0.3, 0.4) is 0 Å². The number of carbonyl (C=O) groups is 2. The highest BCUT2D eigenvalue weighted by atomic mass is 19.4. The molecule has 0 radical (unpaired) electrons. The number of nitrogens with zero attached hydrogens (tertiary/aromatic N) is 2. The van der Waals surface area contributed by atoms with Crippen molar-refractivity contribution >= 4 is 11.7 Å². The molecule has 5 nitrogen and oxygen atoms in total. The molecule has 0 fully saturated rings. The predicted octanol–water partition coefficient (Wildman–Crippen LogP) is 4.61. The molecule has 2 aromatic rings. The van der Waals surface area contributed by atoms with E-state index < -0.39 is 40.6 Å². The smallest absolute Gasteiger partial charge is 0.416 e. The Kier molecular flexibility index (Phi) is 5.45. The van der Waals surface area contributed by atoms with Gasteiger partial charge in [0, 0.05) is 24.4 Å². The summed E-state index contributed by atoms with van der Waals surface area (Å²) in [6, 6.07) is 6.94. The third-order valence-electron chi connectivity index (χ3n) is 4.84. The fraction of sp³-hybridized carbons (Fsp3) is 0.318. The minimum absolute atomic E-state index is 0.0764. The summed E-state index contributed by atoms with van der Waals surface area (Å²) in [5, 5.41) is 10.5. The molecule has 1 aliphatic rings. The molecule has 1 aromatic heterocycles. The second-order valence-electron chi connectivity index (χ2n) is 8.16. The van der Waals surface area contributed by atoms with Crippen LogP contribution in [0.2, 0.25) is 0 Å². The number of rotatable bonds is 4. The summed E-state index contributed by atoms with van der Waals surface area (Å²) < 4.78 is 39.2. The number of alkyl halides is 3. The lowest BCUT2D eigenvalue weighted by Crippen LogP contribution is -2.32. The van der Waals surface area contributed by atoms with E-state index in [1.807, 2.05) is 0 Å². The van der Waals surface area contributed by atoms with Crippen LogP contribution in [0, 0.1) is 5.41 Å². The van der Waals surface area contributed by atoms with Gasteiger partial charge in [-0.15, -0.1) is 0 Å². The minimum Gasteiger partial charge on any atom is -0.503 e. The number of aliphatic hydroxyl groups is 1. The number of aliphatic hydroxyl groups excluding tert-OH is 1. The monoisotopic (exact) mass is 418 g/mol. The molecule has 1 amide bonds. The molecule has 2 heterocycles. The van der Waals surface area contributed by atoms with Crippen LogP contribution in [-0.4, -0.2) is 26.7 Å². The number of benzene rings is 1. The van der Waals surface area contributed by atoms with Crippen LogP contribution in [0.15, 0.2) is 60.1 Å². The maximum Gasteiger partial charge on any atom is 0.416 e. The Morgan fingerprint density at radius 1 is 1.17 bits per heavy atom. The van der Waals surface area contributed by atoms with Gasteiger partial charge in [-0.3, -0.25) is 14.6 Å². The van der Waals surface area contributed by atoms with Crippen LogP contribution in [0.5, 0.6) is 0 Å². The van der Waals surface area contributed by atoms with Crippen molar-refractivity contribution in [1.82, 2.24) is 9.88 Å². The largest absolute Gasteiger partial charge is 0.503 e. The van der Waals surface area contributed by atoms with E-state index in [2.05, 4.69) is 4.98 Å². The Morgan fingerprint density at radius 3 is 2.43 bits per heavy atom. The van der Waals surface area contributed by atoms with Crippen molar-refractivity contribution in [3.8, 4) is 0 Å². The number of ketones is 1. The number of hydrogen-bond donors (Lipinski definition) is 1. The highest BCUT2D eigenvalue weighted by molar-refractivity contribution is 6.10. The van der Waals surface area contributed by atoms with Crippen molar-refractivity contribution in [3.05, 3.63) is 76.8 Å². The lowest BCUT2D eigenvalue weighted by molar-refractivity contribution is -0.137. The van der Waals surface area contributed by atoms with Gasteiger partial charge in [0.2, 0.25) is 0 Å². The van der Waals surface area contributed by atoms with E-state index in [-0.39, 0.29) is 17.7 Å². The first-order valence-corrected chi connectivity index (χ1v) is 9.26. The molecule has 0 saturated carbocycles. The molecule has 1 unspecified atom stereocenters. The molecular weight excluding hydrogens is 397 g/mol. The number of carbonyl (C=O) groups excluding carboxylic acids is 2. The summed E-state index contributed by atoms with van der Waals surface area (Å²) in [6.07, 6.45) is -1.54. The third kappa shape index (κ3) is 4.08. The first kappa shape index (κ1) is 21.5. The second-order valence-corrected chi connectivity index (χ2v) is 8.16. The van der Waals surface area contributed by atoms with Gasteiger partial charge in [-0.1, -0.05) is 39.0 Å². The van der Waals surface area contributed by atoms with Crippen molar-refractivity contribution in [1.29, 1.82) is 0 Å². The van der Waals surface area contributed by atoms with Crippen molar-refractivity contribution in [3.63, 3.8) is 0 Å². The second kappa shape index (κ2) is 7.59. The summed E-state index contributed by atoms with van der Waals surface area (Å²) in [5.41, 5.74) is -1.09. The average Bonchev–Trinajstić information content (AvgIpc) is 2.92. The normalized spacial score (nSPS) is 17.6. The fourth-order valence-electron chi connectivity index (χ4n) is 3.38. The Bertz CT molecular complexity index is 1010. The standard InChI is InChI=1S/C22H21F3N2O3/c1-21(2,3)19(29)16-17(14-7-5-9-26-11-14)27(20(30)18(16)28)12-13-6-4-8-15(10-13)22(23,24)25/h4-11,17,28H,12H2,1-3H3. The van der Waals surface area contributed by atoms with Gasteiger partial charge in [-0.2, -0.15) is 13.2 Å². The van der Waals surface area contributed by atoms with Gasteiger partial charge in [0.05, 0.1) is 17.2 Å². The summed E-state index contributed by atoms with van der Waals surface area (Å²) in [5.74, 6) is -1.92. The number of pyridine rings is 1. The summed E-state index contributed by atoms with van der Waals surface area (Å²) in [6.45, 7) is 4.77. The summed E-state index contributed by atoms with van der Waals surface area (Å²) in [4.78, 5) is 31.1. The topological polar surface area (TPSA) is 70.5 Å². The van der Waals surface area contributed by atoms with E-state index in [9.17, 15) is 27.9 Å². The van der Waals surface area contributed by atoms with Gasteiger partial charge >= 0.3 is 6.18 Å². The van der Waals surface area contributed by atoms with Crippen molar-refractivity contribution < 1.29 is 27.9 Å². The van der Waals surface area contributed by atoms with E-state index in [1.54, 1.807) is 32.9 Å². The zero-order valence-corrected chi connectivity index (χ0v) is 16.7. The molecule has 1 aromatic carbocycles. The van der Waals surface area contributed by atoms with Gasteiger partial charge in [0.15, 0.2) is 11.5 Å². The molecule has 1 aliphatic heterocycles. The quantitative estimate of drug-likeness (QED) is 0.787. The van der Waals surface area contributed by atoms with Crippen LogP contribution in [0.4, 0.5) is 13.2 Å². The minimum atomic E-state index is -4.53. The summed E-state index contributed by atoms with van der Waals surface area (Å²) >= 11 is 0. The first-order valence-electron chi connectivity index (χ1n) is 9.26.